The Morgan fingerprint density at radius 2 is 2.25 bits per heavy atom. The monoisotopic (exact) mass is 400 g/mol. The van der Waals surface area contributed by atoms with Gasteiger partial charge in [0.1, 0.15) is 11.5 Å². The molecule has 0 radical (unpaired) electrons. The zero-order valence-electron chi connectivity index (χ0n) is 10.2. The third-order valence-corrected chi connectivity index (χ3v) is 3.29. The second-order valence-electron chi connectivity index (χ2n) is 3.67. The lowest BCUT2D eigenvalue weighted by Gasteiger charge is -2.07. The van der Waals surface area contributed by atoms with Crippen LogP contribution in [0.5, 0.6) is 5.75 Å². The molecular formula is C13H10Br2N2O3. The zero-order valence-corrected chi connectivity index (χ0v) is 13.3. The molecule has 0 aliphatic rings. The van der Waals surface area contributed by atoms with Gasteiger partial charge in [0.2, 0.25) is 0 Å². The van der Waals surface area contributed by atoms with Crippen LogP contribution in [0.2, 0.25) is 0 Å². The molecule has 0 unspecified atom stereocenters. The highest BCUT2D eigenvalue weighted by molar-refractivity contribution is 9.11. The molecular weight excluding hydrogens is 392 g/mol. The predicted molar refractivity (Wildman–Crippen MR) is 81.8 cm³/mol. The molecule has 0 fully saturated rings. The molecule has 1 aromatic heterocycles. The van der Waals surface area contributed by atoms with Crippen LogP contribution in [-0.2, 0) is 4.79 Å². The van der Waals surface area contributed by atoms with Crippen LogP contribution in [0.4, 0.5) is 0 Å². The van der Waals surface area contributed by atoms with E-state index in [2.05, 4.69) is 42.4 Å². The Bertz CT molecular complexity index is 612. The van der Waals surface area contributed by atoms with Gasteiger partial charge in [0.15, 0.2) is 6.61 Å². The molecule has 0 aliphatic carbocycles. The van der Waals surface area contributed by atoms with Crippen LogP contribution in [0.15, 0.2) is 55.1 Å². The lowest BCUT2D eigenvalue weighted by Crippen LogP contribution is -2.24. The fourth-order valence-corrected chi connectivity index (χ4v) is 2.46. The summed E-state index contributed by atoms with van der Waals surface area (Å²) in [7, 11) is 0. The molecule has 2 rings (SSSR count). The van der Waals surface area contributed by atoms with Crippen molar-refractivity contribution in [1.82, 2.24) is 5.43 Å². The molecule has 1 aromatic carbocycles. The molecule has 5 nitrogen and oxygen atoms in total. The van der Waals surface area contributed by atoms with E-state index < -0.39 is 0 Å². The summed E-state index contributed by atoms with van der Waals surface area (Å²) in [5, 5.41) is 3.75. The van der Waals surface area contributed by atoms with Gasteiger partial charge in [-0.2, -0.15) is 5.10 Å². The van der Waals surface area contributed by atoms with Crippen LogP contribution < -0.4 is 10.2 Å². The van der Waals surface area contributed by atoms with Crippen LogP contribution in [0.1, 0.15) is 5.76 Å². The molecule has 1 heterocycles. The summed E-state index contributed by atoms with van der Waals surface area (Å²) in [4.78, 5) is 11.5. The normalized spacial score (nSPS) is 10.7. The molecule has 0 atom stereocenters. The first-order valence-corrected chi connectivity index (χ1v) is 7.17. The zero-order chi connectivity index (χ0) is 14.4. The molecule has 1 N–H and O–H groups in total. The predicted octanol–water partition coefficient (Wildman–Crippen LogP) is 3.33. The number of hydrogen-bond acceptors (Lipinski definition) is 4. The number of hydrogen-bond donors (Lipinski definition) is 1. The number of benzene rings is 1. The summed E-state index contributed by atoms with van der Waals surface area (Å²) in [5.74, 6) is 0.780. The van der Waals surface area contributed by atoms with E-state index >= 15 is 0 Å². The second kappa shape index (κ2) is 7.25. The smallest absolute Gasteiger partial charge is 0.277 e. The summed E-state index contributed by atoms with van der Waals surface area (Å²) in [5.41, 5.74) is 2.34. The van der Waals surface area contributed by atoms with Gasteiger partial charge in [0.05, 0.1) is 17.0 Å². The van der Waals surface area contributed by atoms with E-state index in [1.807, 2.05) is 12.1 Å². The Labute approximate surface area is 132 Å². The van der Waals surface area contributed by atoms with E-state index in [1.54, 1.807) is 18.2 Å². The highest BCUT2D eigenvalue weighted by Gasteiger charge is 2.05. The van der Waals surface area contributed by atoms with Gasteiger partial charge in [-0.15, -0.1) is 0 Å². The summed E-state index contributed by atoms with van der Waals surface area (Å²) in [6.07, 6.45) is 2.94. The lowest BCUT2D eigenvalue weighted by molar-refractivity contribution is -0.123. The minimum Gasteiger partial charge on any atom is -0.483 e. The lowest BCUT2D eigenvalue weighted by atomic mass is 10.3. The summed E-state index contributed by atoms with van der Waals surface area (Å²) in [6, 6.07) is 8.88. The fourth-order valence-electron chi connectivity index (χ4n) is 1.30. The summed E-state index contributed by atoms with van der Waals surface area (Å²) >= 11 is 6.68. The van der Waals surface area contributed by atoms with Crippen LogP contribution >= 0.6 is 31.9 Å². The molecule has 7 heteroatoms. The first-order chi connectivity index (χ1) is 9.65. The first kappa shape index (κ1) is 14.8. The van der Waals surface area contributed by atoms with Crippen molar-refractivity contribution in [1.29, 1.82) is 0 Å². The van der Waals surface area contributed by atoms with E-state index in [1.165, 1.54) is 12.5 Å². The van der Waals surface area contributed by atoms with Crippen LogP contribution in [0, 0.1) is 0 Å². The van der Waals surface area contributed by atoms with Crippen molar-refractivity contribution in [3.05, 3.63) is 51.3 Å². The number of ether oxygens (including phenoxy) is 1. The van der Waals surface area contributed by atoms with Crippen LogP contribution in [-0.4, -0.2) is 18.7 Å². The highest BCUT2D eigenvalue weighted by Crippen LogP contribution is 2.27. The molecule has 2 aromatic rings. The number of hydrazone groups is 1. The van der Waals surface area contributed by atoms with Gasteiger partial charge in [-0.05, 0) is 46.3 Å². The van der Waals surface area contributed by atoms with Crippen molar-refractivity contribution in [2.24, 2.45) is 5.10 Å². The summed E-state index contributed by atoms with van der Waals surface area (Å²) < 4.78 is 12.1. The average molecular weight is 402 g/mol. The molecule has 0 spiro atoms. The third kappa shape index (κ3) is 4.50. The molecule has 20 heavy (non-hydrogen) atoms. The number of furan rings is 1. The maximum atomic E-state index is 11.5. The minimum atomic E-state index is -0.359. The minimum absolute atomic E-state index is 0.129. The Morgan fingerprint density at radius 1 is 1.40 bits per heavy atom. The number of nitrogens with zero attached hydrogens (tertiary/aromatic N) is 1. The van der Waals surface area contributed by atoms with E-state index in [4.69, 9.17) is 9.15 Å². The van der Waals surface area contributed by atoms with E-state index in [-0.39, 0.29) is 12.5 Å². The number of halogens is 2. The van der Waals surface area contributed by atoms with Gasteiger partial charge >= 0.3 is 0 Å². The Hall–Kier alpha value is -1.60. The van der Waals surface area contributed by atoms with Gasteiger partial charge < -0.3 is 9.15 Å². The molecule has 0 aliphatic heterocycles. The molecule has 1 amide bonds. The van der Waals surface area contributed by atoms with Crippen molar-refractivity contribution in [2.45, 2.75) is 0 Å². The molecule has 0 bridgehead atoms. The Kier molecular flexibility index (Phi) is 5.37. The fraction of sp³-hybridized carbons (Fsp3) is 0.0769. The second-order valence-corrected chi connectivity index (χ2v) is 5.44. The molecule has 0 saturated carbocycles. The molecule has 104 valence electrons. The number of rotatable bonds is 5. The van der Waals surface area contributed by atoms with Crippen molar-refractivity contribution < 1.29 is 13.9 Å². The quantitative estimate of drug-likeness (QED) is 0.617. The third-order valence-electron chi connectivity index (χ3n) is 2.18. The average Bonchev–Trinajstić information content (AvgIpc) is 2.91. The summed E-state index contributed by atoms with van der Waals surface area (Å²) in [6.45, 7) is -0.129. The van der Waals surface area contributed by atoms with Crippen LogP contribution in [0.3, 0.4) is 0 Å². The van der Waals surface area contributed by atoms with E-state index in [0.717, 1.165) is 8.95 Å². The molecule has 0 saturated heterocycles. The first-order valence-electron chi connectivity index (χ1n) is 5.58. The SMILES string of the molecule is O=C(COc1ccc(Br)cc1Br)N/N=C/c1ccco1. The number of amides is 1. The van der Waals surface area contributed by atoms with Crippen molar-refractivity contribution >= 4 is 44.0 Å². The highest BCUT2D eigenvalue weighted by atomic mass is 79.9. The Balaban J connectivity index is 1.80. The van der Waals surface area contributed by atoms with E-state index in [9.17, 15) is 4.79 Å². The van der Waals surface area contributed by atoms with Gasteiger partial charge in [0, 0.05) is 4.47 Å². The number of carbonyl (C=O) groups is 1. The van der Waals surface area contributed by atoms with Gasteiger partial charge in [-0.1, -0.05) is 15.9 Å². The number of nitrogens with one attached hydrogen (secondary N) is 1. The standard InChI is InChI=1S/C13H10Br2N2O3/c14-9-3-4-12(11(15)6-9)20-8-13(18)17-16-7-10-2-1-5-19-10/h1-7H,8H2,(H,17,18)/b16-7+. The Morgan fingerprint density at radius 3 is 2.95 bits per heavy atom. The van der Waals surface area contributed by atoms with Crippen molar-refractivity contribution in [2.75, 3.05) is 6.61 Å². The van der Waals surface area contributed by atoms with Crippen molar-refractivity contribution in [3.63, 3.8) is 0 Å². The maximum absolute atomic E-state index is 11.5. The topological polar surface area (TPSA) is 63.8 Å². The van der Waals surface area contributed by atoms with Crippen molar-refractivity contribution in [3.8, 4) is 5.75 Å². The number of carbonyl (C=O) groups excluding carboxylic acids is 1. The van der Waals surface area contributed by atoms with Gasteiger partial charge in [-0.3, -0.25) is 4.79 Å². The van der Waals surface area contributed by atoms with Gasteiger partial charge in [-0.25, -0.2) is 5.43 Å². The van der Waals surface area contributed by atoms with Crippen LogP contribution in [0.25, 0.3) is 0 Å². The van der Waals surface area contributed by atoms with Gasteiger partial charge in [0.25, 0.3) is 5.91 Å². The maximum Gasteiger partial charge on any atom is 0.277 e. The van der Waals surface area contributed by atoms with E-state index in [0.29, 0.717) is 11.5 Å². The largest absolute Gasteiger partial charge is 0.483 e.